The quantitative estimate of drug-likeness (QED) is 0.570. The molecule has 0 saturated carbocycles. The van der Waals surface area contributed by atoms with Crippen molar-refractivity contribution in [3.63, 3.8) is 0 Å². The molecule has 0 aliphatic carbocycles. The molecular weight excluding hydrogens is 238 g/mol. The molecule has 0 spiro atoms. The number of benzene rings is 2. The van der Waals surface area contributed by atoms with Gasteiger partial charge in [-0.15, -0.1) is 0 Å². The second-order valence-electron chi connectivity index (χ2n) is 4.23. The van der Waals surface area contributed by atoms with Gasteiger partial charge < -0.3 is 0 Å². The molecule has 0 aliphatic heterocycles. The number of aryl methyl sites for hydroxylation is 2. The van der Waals surface area contributed by atoms with Crippen molar-refractivity contribution >= 4 is 18.2 Å². The number of nitrogens with zero attached hydrogens (tertiary/aromatic N) is 1. The van der Waals surface area contributed by atoms with E-state index in [9.17, 15) is 0 Å². The van der Waals surface area contributed by atoms with Crippen LogP contribution < -0.4 is 0 Å². The number of hydrogen-bond donors (Lipinski definition) is 0. The van der Waals surface area contributed by atoms with E-state index in [0.717, 1.165) is 12.0 Å². The summed E-state index contributed by atoms with van der Waals surface area (Å²) in [5.74, 6) is 0. The highest BCUT2D eigenvalue weighted by atomic mass is 32.2. The van der Waals surface area contributed by atoms with Crippen molar-refractivity contribution in [3.8, 4) is 0 Å². The lowest BCUT2D eigenvalue weighted by molar-refractivity contribution is 1.14. The first-order valence-corrected chi connectivity index (χ1v) is 6.91. The second-order valence-corrected chi connectivity index (χ2v) is 5.10. The Hall–Kier alpha value is -1.54. The van der Waals surface area contributed by atoms with Gasteiger partial charge in [0.05, 0.1) is 0 Å². The SMILES string of the molecule is CCc1ccc(/C=N/Sc2ccc(C)cc2)cc1. The van der Waals surface area contributed by atoms with Crippen molar-refractivity contribution in [2.24, 2.45) is 4.40 Å². The van der Waals surface area contributed by atoms with Crippen LogP contribution in [0, 0.1) is 6.92 Å². The van der Waals surface area contributed by atoms with Crippen LogP contribution in [0.4, 0.5) is 0 Å². The van der Waals surface area contributed by atoms with Crippen molar-refractivity contribution in [3.05, 3.63) is 65.2 Å². The van der Waals surface area contributed by atoms with E-state index in [1.807, 2.05) is 6.21 Å². The largest absolute Gasteiger partial charge is 0.219 e. The van der Waals surface area contributed by atoms with Gasteiger partial charge in [-0.1, -0.05) is 48.9 Å². The minimum absolute atomic E-state index is 1.08. The summed E-state index contributed by atoms with van der Waals surface area (Å²) in [5, 5.41) is 0. The summed E-state index contributed by atoms with van der Waals surface area (Å²) in [4.78, 5) is 1.17. The Kier molecular flexibility index (Phi) is 4.59. The molecule has 2 aromatic rings. The molecule has 1 nitrogen and oxygen atoms in total. The first-order chi connectivity index (χ1) is 8.78. The van der Waals surface area contributed by atoms with Gasteiger partial charge in [-0.3, -0.25) is 0 Å². The molecular formula is C16H17NS. The van der Waals surface area contributed by atoms with Gasteiger partial charge in [0.2, 0.25) is 0 Å². The predicted octanol–water partition coefficient (Wildman–Crippen LogP) is 4.68. The van der Waals surface area contributed by atoms with E-state index in [-0.39, 0.29) is 0 Å². The van der Waals surface area contributed by atoms with Gasteiger partial charge >= 0.3 is 0 Å². The van der Waals surface area contributed by atoms with Crippen LogP contribution in [0.1, 0.15) is 23.6 Å². The van der Waals surface area contributed by atoms with Crippen molar-refractivity contribution in [1.29, 1.82) is 0 Å². The van der Waals surface area contributed by atoms with Gasteiger partial charge in [-0.2, -0.15) is 0 Å². The Bertz CT molecular complexity index is 512. The van der Waals surface area contributed by atoms with E-state index >= 15 is 0 Å². The Labute approximate surface area is 113 Å². The summed E-state index contributed by atoms with van der Waals surface area (Å²) in [6.07, 6.45) is 2.99. The van der Waals surface area contributed by atoms with E-state index in [4.69, 9.17) is 0 Å². The molecule has 0 saturated heterocycles. The van der Waals surface area contributed by atoms with Crippen molar-refractivity contribution < 1.29 is 0 Å². The fourth-order valence-electron chi connectivity index (χ4n) is 1.59. The summed E-state index contributed by atoms with van der Waals surface area (Å²) >= 11 is 1.50. The molecule has 92 valence electrons. The molecule has 0 amide bonds. The third kappa shape index (κ3) is 3.74. The molecule has 2 heteroatoms. The maximum Gasteiger partial charge on any atom is 0.0428 e. The summed E-state index contributed by atoms with van der Waals surface area (Å²) in [5.41, 5.74) is 3.78. The molecule has 0 fully saturated rings. The zero-order chi connectivity index (χ0) is 12.8. The Morgan fingerprint density at radius 1 is 1.00 bits per heavy atom. The Morgan fingerprint density at radius 3 is 2.28 bits per heavy atom. The first kappa shape index (κ1) is 12.9. The topological polar surface area (TPSA) is 12.4 Å². The van der Waals surface area contributed by atoms with Gasteiger partial charge in [0.1, 0.15) is 0 Å². The van der Waals surface area contributed by atoms with Gasteiger partial charge in [0, 0.05) is 23.1 Å². The molecule has 2 rings (SSSR count). The maximum absolute atomic E-state index is 4.39. The van der Waals surface area contributed by atoms with Crippen molar-refractivity contribution in [2.45, 2.75) is 25.2 Å². The van der Waals surface area contributed by atoms with E-state index < -0.39 is 0 Å². The minimum Gasteiger partial charge on any atom is -0.219 e. The number of rotatable bonds is 4. The molecule has 0 aliphatic rings. The molecule has 0 unspecified atom stereocenters. The fourth-order valence-corrected chi connectivity index (χ4v) is 2.14. The van der Waals surface area contributed by atoms with E-state index in [1.54, 1.807) is 0 Å². The van der Waals surface area contributed by atoms with Gasteiger partial charge in [0.15, 0.2) is 0 Å². The summed E-state index contributed by atoms with van der Waals surface area (Å²) in [6, 6.07) is 16.9. The molecule has 0 heterocycles. The highest BCUT2D eigenvalue weighted by Gasteiger charge is 1.92. The predicted molar refractivity (Wildman–Crippen MR) is 80.5 cm³/mol. The molecule has 0 aromatic heterocycles. The van der Waals surface area contributed by atoms with Crippen LogP contribution in [0.2, 0.25) is 0 Å². The third-order valence-corrected chi connectivity index (χ3v) is 3.46. The van der Waals surface area contributed by atoms with E-state index in [0.29, 0.717) is 0 Å². The van der Waals surface area contributed by atoms with Gasteiger partial charge in [-0.25, -0.2) is 4.40 Å². The average molecular weight is 255 g/mol. The van der Waals surface area contributed by atoms with Crippen molar-refractivity contribution in [1.82, 2.24) is 0 Å². The zero-order valence-electron chi connectivity index (χ0n) is 10.8. The molecule has 18 heavy (non-hydrogen) atoms. The summed E-state index contributed by atoms with van der Waals surface area (Å²) < 4.78 is 4.39. The van der Waals surface area contributed by atoms with Gasteiger partial charge in [0.25, 0.3) is 0 Å². The molecule has 2 aromatic carbocycles. The molecule has 0 bridgehead atoms. The molecule has 0 N–H and O–H groups in total. The molecule has 0 radical (unpaired) electrons. The van der Waals surface area contributed by atoms with Crippen LogP contribution in [0.25, 0.3) is 0 Å². The second kappa shape index (κ2) is 6.41. The van der Waals surface area contributed by atoms with Crippen LogP contribution in [0.5, 0.6) is 0 Å². The van der Waals surface area contributed by atoms with E-state index in [1.165, 1.54) is 28.0 Å². The maximum atomic E-state index is 4.39. The minimum atomic E-state index is 1.08. The third-order valence-electron chi connectivity index (χ3n) is 2.77. The molecule has 0 atom stereocenters. The summed E-state index contributed by atoms with van der Waals surface area (Å²) in [7, 11) is 0. The first-order valence-electron chi connectivity index (χ1n) is 6.14. The fraction of sp³-hybridized carbons (Fsp3) is 0.188. The lowest BCUT2D eigenvalue weighted by Crippen LogP contribution is -1.83. The monoisotopic (exact) mass is 255 g/mol. The standard InChI is InChI=1S/C16H17NS/c1-3-14-6-8-15(9-7-14)12-17-18-16-10-4-13(2)5-11-16/h4-12H,3H2,1-2H3/b17-12+. The normalized spacial score (nSPS) is 11.0. The van der Waals surface area contributed by atoms with Crippen LogP contribution in [-0.4, -0.2) is 6.21 Å². The van der Waals surface area contributed by atoms with Crippen LogP contribution in [-0.2, 0) is 6.42 Å². The summed E-state index contributed by atoms with van der Waals surface area (Å²) in [6.45, 7) is 4.25. The lowest BCUT2D eigenvalue weighted by atomic mass is 10.1. The van der Waals surface area contributed by atoms with E-state index in [2.05, 4.69) is 66.8 Å². The highest BCUT2D eigenvalue weighted by molar-refractivity contribution is 7.98. The van der Waals surface area contributed by atoms with Crippen LogP contribution >= 0.6 is 11.9 Å². The van der Waals surface area contributed by atoms with Crippen molar-refractivity contribution in [2.75, 3.05) is 0 Å². The smallest absolute Gasteiger partial charge is 0.0428 e. The number of hydrogen-bond acceptors (Lipinski definition) is 2. The Balaban J connectivity index is 1.96. The van der Waals surface area contributed by atoms with Gasteiger partial charge in [-0.05, 0) is 36.6 Å². The zero-order valence-corrected chi connectivity index (χ0v) is 11.6. The lowest BCUT2D eigenvalue weighted by Gasteiger charge is -1.98. The average Bonchev–Trinajstić information content (AvgIpc) is 2.42. The Morgan fingerprint density at radius 2 is 1.67 bits per heavy atom. The van der Waals surface area contributed by atoms with Crippen LogP contribution in [0.15, 0.2) is 57.8 Å². The van der Waals surface area contributed by atoms with Crippen LogP contribution in [0.3, 0.4) is 0 Å². The highest BCUT2D eigenvalue weighted by Crippen LogP contribution is 2.19.